The first-order valence-corrected chi connectivity index (χ1v) is 6.87. The molecule has 112 valence electrons. The van der Waals surface area contributed by atoms with Gasteiger partial charge in [-0.15, -0.1) is 0 Å². The summed E-state index contributed by atoms with van der Waals surface area (Å²) in [5, 5.41) is 0. The minimum atomic E-state index is -1.78. The van der Waals surface area contributed by atoms with Gasteiger partial charge in [0.2, 0.25) is 9.70 Å². The molecule has 0 spiro atoms. The van der Waals surface area contributed by atoms with Gasteiger partial charge in [-0.05, 0) is 5.92 Å². The molecule has 0 aliphatic rings. The van der Waals surface area contributed by atoms with Crippen molar-refractivity contribution in [1.29, 1.82) is 0 Å². The molecule has 1 heterocycles. The zero-order valence-corrected chi connectivity index (χ0v) is 13.1. The minimum absolute atomic E-state index is 0.197. The number of hydrogen-bond acceptors (Lipinski definition) is 3. The molecule has 0 saturated carbocycles. The van der Waals surface area contributed by atoms with Gasteiger partial charge in [-0.3, -0.25) is 14.2 Å². The van der Waals surface area contributed by atoms with Crippen LogP contribution in [0.15, 0.2) is 9.59 Å². The molecule has 0 aliphatic carbocycles. The van der Waals surface area contributed by atoms with Crippen molar-refractivity contribution < 1.29 is 4.79 Å². The number of aromatic nitrogens is 2. The van der Waals surface area contributed by atoms with Crippen LogP contribution in [0.3, 0.4) is 0 Å². The fourth-order valence-corrected chi connectivity index (χ4v) is 2.22. The van der Waals surface area contributed by atoms with Gasteiger partial charge < -0.3 is 10.7 Å². The number of primary amides is 1. The number of aromatic amines is 1. The van der Waals surface area contributed by atoms with Crippen LogP contribution in [0.25, 0.3) is 0 Å². The molecule has 0 unspecified atom stereocenters. The van der Waals surface area contributed by atoms with Crippen LogP contribution in [0.5, 0.6) is 0 Å². The largest absolute Gasteiger partial charge is 0.369 e. The van der Waals surface area contributed by atoms with Gasteiger partial charge in [0.15, 0.2) is 0 Å². The van der Waals surface area contributed by atoms with Crippen molar-refractivity contribution in [2.45, 2.75) is 36.5 Å². The second-order valence-corrected chi connectivity index (χ2v) is 7.14. The van der Waals surface area contributed by atoms with Gasteiger partial charge in [0, 0.05) is 11.3 Å². The fourth-order valence-electron chi connectivity index (χ4n) is 1.86. The molecule has 0 fully saturated rings. The van der Waals surface area contributed by atoms with E-state index in [9.17, 15) is 14.4 Å². The summed E-state index contributed by atoms with van der Waals surface area (Å²) in [5.41, 5.74) is 4.23. The Bertz CT molecular complexity index is 629. The topological polar surface area (TPSA) is 97.9 Å². The quantitative estimate of drug-likeness (QED) is 0.800. The molecular formula is C11H14Cl3N3O3. The monoisotopic (exact) mass is 341 g/mol. The Morgan fingerprint density at radius 2 is 1.90 bits per heavy atom. The summed E-state index contributed by atoms with van der Waals surface area (Å²) in [5.74, 6) is -0.878. The predicted molar refractivity (Wildman–Crippen MR) is 78.6 cm³/mol. The van der Waals surface area contributed by atoms with Crippen LogP contribution in [0, 0.1) is 0 Å². The number of hydrogen-bond donors (Lipinski definition) is 2. The second kappa shape index (κ2) is 6.20. The number of halogens is 3. The number of amides is 1. The maximum absolute atomic E-state index is 12.3. The summed E-state index contributed by atoms with van der Waals surface area (Å²) in [4.78, 5) is 37.7. The number of nitrogens with two attached hydrogens (primary N) is 1. The standard InChI is InChI=1S/C11H14Cl3N3O3/c1-5(2)8-6(3-7(15)18)16-10(20)17(9(8)19)4-11(12,13)14/h5H,3-4H2,1-2H3,(H2,15,18)(H,16,20). The van der Waals surface area contributed by atoms with Crippen molar-refractivity contribution in [2.75, 3.05) is 0 Å². The van der Waals surface area contributed by atoms with Crippen LogP contribution in [0.2, 0.25) is 0 Å². The molecule has 0 saturated heterocycles. The van der Waals surface area contributed by atoms with E-state index in [0.717, 1.165) is 4.57 Å². The SMILES string of the molecule is CC(C)c1c(CC(N)=O)[nH]c(=O)n(CC(Cl)(Cl)Cl)c1=O. The smallest absolute Gasteiger partial charge is 0.328 e. The van der Waals surface area contributed by atoms with Gasteiger partial charge in [0.25, 0.3) is 5.56 Å². The molecule has 1 aromatic heterocycles. The lowest BCUT2D eigenvalue weighted by Crippen LogP contribution is -2.42. The van der Waals surface area contributed by atoms with Gasteiger partial charge in [-0.1, -0.05) is 48.7 Å². The minimum Gasteiger partial charge on any atom is -0.369 e. The average molecular weight is 343 g/mol. The molecule has 1 rings (SSSR count). The Kier molecular flexibility index (Phi) is 5.29. The van der Waals surface area contributed by atoms with E-state index in [1.54, 1.807) is 13.8 Å². The lowest BCUT2D eigenvalue weighted by Gasteiger charge is -2.16. The van der Waals surface area contributed by atoms with E-state index in [4.69, 9.17) is 40.5 Å². The Morgan fingerprint density at radius 1 is 1.35 bits per heavy atom. The van der Waals surface area contributed by atoms with E-state index >= 15 is 0 Å². The molecule has 6 nitrogen and oxygen atoms in total. The molecular weight excluding hydrogens is 328 g/mol. The molecule has 1 aromatic rings. The van der Waals surface area contributed by atoms with E-state index in [-0.39, 0.29) is 30.1 Å². The summed E-state index contributed by atoms with van der Waals surface area (Å²) in [6.45, 7) is 3.11. The summed E-state index contributed by atoms with van der Waals surface area (Å²) in [6, 6.07) is 0. The van der Waals surface area contributed by atoms with E-state index in [1.807, 2.05) is 0 Å². The number of H-pyrrole nitrogens is 1. The summed E-state index contributed by atoms with van der Waals surface area (Å²) < 4.78 is -0.983. The predicted octanol–water partition coefficient (Wildman–Crippen LogP) is 1.06. The van der Waals surface area contributed by atoms with Gasteiger partial charge >= 0.3 is 5.69 Å². The highest BCUT2D eigenvalue weighted by molar-refractivity contribution is 6.67. The summed E-state index contributed by atoms with van der Waals surface area (Å²) in [6.07, 6.45) is -0.230. The Morgan fingerprint density at radius 3 is 2.30 bits per heavy atom. The highest BCUT2D eigenvalue weighted by atomic mass is 35.6. The number of nitrogens with zero attached hydrogens (tertiary/aromatic N) is 1. The first kappa shape index (κ1) is 17.1. The lowest BCUT2D eigenvalue weighted by molar-refractivity contribution is -0.117. The van der Waals surface area contributed by atoms with E-state index in [0.29, 0.717) is 0 Å². The number of alkyl halides is 3. The first-order chi connectivity index (χ1) is 9.03. The van der Waals surface area contributed by atoms with Gasteiger partial charge in [0.05, 0.1) is 13.0 Å². The summed E-state index contributed by atoms with van der Waals surface area (Å²) >= 11 is 16.8. The number of carbonyl (C=O) groups excluding carboxylic acids is 1. The van der Waals surface area contributed by atoms with Crippen LogP contribution in [0.4, 0.5) is 0 Å². The van der Waals surface area contributed by atoms with E-state index in [2.05, 4.69) is 4.98 Å². The number of nitrogens with one attached hydrogen (secondary N) is 1. The van der Waals surface area contributed by atoms with Crippen molar-refractivity contribution in [3.8, 4) is 0 Å². The van der Waals surface area contributed by atoms with Crippen LogP contribution in [-0.4, -0.2) is 19.3 Å². The van der Waals surface area contributed by atoms with Gasteiger partial charge in [-0.25, -0.2) is 4.79 Å². The Labute approximate surface area is 129 Å². The zero-order valence-electron chi connectivity index (χ0n) is 10.9. The van der Waals surface area contributed by atoms with E-state index in [1.165, 1.54) is 0 Å². The third-order valence-electron chi connectivity index (χ3n) is 2.57. The second-order valence-electron chi connectivity index (χ2n) is 4.63. The molecule has 0 bridgehead atoms. The number of carbonyl (C=O) groups is 1. The summed E-state index contributed by atoms with van der Waals surface area (Å²) in [7, 11) is 0. The van der Waals surface area contributed by atoms with E-state index < -0.39 is 20.9 Å². The average Bonchev–Trinajstić information content (AvgIpc) is 2.21. The van der Waals surface area contributed by atoms with Gasteiger partial charge in [0.1, 0.15) is 0 Å². The van der Waals surface area contributed by atoms with Crippen molar-refractivity contribution in [3.63, 3.8) is 0 Å². The molecule has 1 amide bonds. The fraction of sp³-hybridized carbons (Fsp3) is 0.545. The van der Waals surface area contributed by atoms with Crippen molar-refractivity contribution in [2.24, 2.45) is 5.73 Å². The van der Waals surface area contributed by atoms with Crippen molar-refractivity contribution in [1.82, 2.24) is 9.55 Å². The molecule has 20 heavy (non-hydrogen) atoms. The molecule has 9 heteroatoms. The highest BCUT2D eigenvalue weighted by Gasteiger charge is 2.25. The van der Waals surface area contributed by atoms with Gasteiger partial charge in [-0.2, -0.15) is 0 Å². The van der Waals surface area contributed by atoms with Crippen LogP contribution in [-0.2, 0) is 17.8 Å². The Hall–Kier alpha value is -0.980. The third-order valence-corrected chi connectivity index (χ3v) is 2.93. The highest BCUT2D eigenvalue weighted by Crippen LogP contribution is 2.27. The van der Waals surface area contributed by atoms with Crippen LogP contribution in [0.1, 0.15) is 31.0 Å². The normalized spacial score (nSPS) is 11.9. The van der Waals surface area contributed by atoms with Crippen LogP contribution < -0.4 is 17.0 Å². The molecule has 0 atom stereocenters. The third kappa shape index (κ3) is 4.26. The molecule has 0 radical (unpaired) electrons. The molecule has 3 N–H and O–H groups in total. The van der Waals surface area contributed by atoms with Crippen molar-refractivity contribution in [3.05, 3.63) is 32.1 Å². The number of rotatable bonds is 4. The molecule has 0 aromatic carbocycles. The maximum atomic E-state index is 12.3. The molecule has 0 aliphatic heterocycles. The maximum Gasteiger partial charge on any atom is 0.328 e. The Balaban J connectivity index is 3.53. The zero-order chi connectivity index (χ0) is 15.7. The first-order valence-electron chi connectivity index (χ1n) is 5.74. The van der Waals surface area contributed by atoms with Crippen LogP contribution >= 0.6 is 34.8 Å². The lowest BCUT2D eigenvalue weighted by atomic mass is 10.0. The van der Waals surface area contributed by atoms with Crippen molar-refractivity contribution >= 4 is 40.7 Å².